The van der Waals surface area contributed by atoms with Crippen LogP contribution in [0.15, 0.2) is 49.1 Å². The highest BCUT2D eigenvalue weighted by molar-refractivity contribution is 6.31. The van der Waals surface area contributed by atoms with Gasteiger partial charge >= 0.3 is 0 Å². The van der Waals surface area contributed by atoms with Crippen LogP contribution in [0.2, 0.25) is 5.02 Å². The number of benzene rings is 1. The van der Waals surface area contributed by atoms with Crippen LogP contribution in [-0.4, -0.2) is 67.3 Å². The van der Waals surface area contributed by atoms with Crippen LogP contribution >= 0.6 is 11.6 Å². The molecule has 11 nitrogen and oxygen atoms in total. The molecule has 35 heavy (non-hydrogen) atoms. The van der Waals surface area contributed by atoms with Crippen molar-refractivity contribution < 1.29 is 14.3 Å². The molecule has 1 unspecified atom stereocenters. The number of hydrogen-bond acceptors (Lipinski definition) is 7. The number of amides is 2. The fourth-order valence-corrected chi connectivity index (χ4v) is 4.26. The summed E-state index contributed by atoms with van der Waals surface area (Å²) >= 11 is 6.25. The van der Waals surface area contributed by atoms with E-state index in [0.29, 0.717) is 52.0 Å². The summed E-state index contributed by atoms with van der Waals surface area (Å²) in [5.74, 6) is -0.00301. The number of hydrogen-bond donors (Lipinski definition) is 2. The number of nitrogens with one attached hydrogen (secondary N) is 1. The van der Waals surface area contributed by atoms with Gasteiger partial charge in [-0.2, -0.15) is 10.2 Å². The standard InChI is InChI=1S/C23H23ClN8O3/c1-35-19-4-3-14(24)9-16(19)21-18(12-31(29-21)13-20(33)30-8-5-15(25)11-30)28-23(34)17-10-27-32-7-2-6-26-22(17)32/h2-4,6-7,9-10,12,15H,5,8,11,13,25H2,1H3,(H,28,34). The van der Waals surface area contributed by atoms with Crippen molar-refractivity contribution in [3.8, 4) is 17.0 Å². The Morgan fingerprint density at radius 1 is 1.34 bits per heavy atom. The maximum absolute atomic E-state index is 13.2. The molecule has 1 aliphatic rings. The Balaban J connectivity index is 1.50. The monoisotopic (exact) mass is 494 g/mol. The number of nitrogens with zero attached hydrogens (tertiary/aromatic N) is 6. The molecule has 1 aromatic carbocycles. The third-order valence-electron chi connectivity index (χ3n) is 5.83. The lowest BCUT2D eigenvalue weighted by Gasteiger charge is -2.15. The molecule has 1 aliphatic heterocycles. The van der Waals surface area contributed by atoms with E-state index >= 15 is 0 Å². The summed E-state index contributed by atoms with van der Waals surface area (Å²) in [6.07, 6.45) is 7.12. The van der Waals surface area contributed by atoms with Gasteiger partial charge in [0, 0.05) is 48.3 Å². The molecular weight excluding hydrogens is 472 g/mol. The number of aromatic nitrogens is 5. The minimum Gasteiger partial charge on any atom is -0.496 e. The molecule has 1 fully saturated rings. The highest BCUT2D eigenvalue weighted by Crippen LogP contribution is 2.36. The van der Waals surface area contributed by atoms with Crippen molar-refractivity contribution in [3.63, 3.8) is 0 Å². The molecule has 0 spiro atoms. The van der Waals surface area contributed by atoms with Crippen LogP contribution in [0.25, 0.3) is 16.9 Å². The zero-order valence-electron chi connectivity index (χ0n) is 18.9. The van der Waals surface area contributed by atoms with Gasteiger partial charge in [-0.1, -0.05) is 11.6 Å². The Morgan fingerprint density at radius 3 is 2.97 bits per heavy atom. The molecule has 3 aromatic heterocycles. The second-order valence-electron chi connectivity index (χ2n) is 8.22. The number of rotatable bonds is 6. The van der Waals surface area contributed by atoms with Gasteiger partial charge in [0.25, 0.3) is 5.91 Å². The fraction of sp³-hybridized carbons (Fsp3) is 0.261. The minimum atomic E-state index is -0.419. The molecule has 4 aromatic rings. The Labute approximate surface area is 205 Å². The predicted octanol–water partition coefficient (Wildman–Crippen LogP) is 2.07. The van der Waals surface area contributed by atoms with Gasteiger partial charge in [0.15, 0.2) is 5.65 Å². The van der Waals surface area contributed by atoms with Crippen molar-refractivity contribution in [3.05, 3.63) is 59.6 Å². The van der Waals surface area contributed by atoms with Gasteiger partial charge in [-0.15, -0.1) is 0 Å². The second kappa shape index (κ2) is 9.35. The molecule has 0 aliphatic carbocycles. The van der Waals surface area contributed by atoms with Crippen molar-refractivity contribution in [1.82, 2.24) is 29.3 Å². The lowest BCUT2D eigenvalue weighted by atomic mass is 10.1. The van der Waals surface area contributed by atoms with Crippen LogP contribution in [0.5, 0.6) is 5.75 Å². The van der Waals surface area contributed by atoms with Crippen LogP contribution in [0.3, 0.4) is 0 Å². The van der Waals surface area contributed by atoms with Gasteiger partial charge in [0.2, 0.25) is 5.91 Å². The Morgan fingerprint density at radius 2 is 2.20 bits per heavy atom. The molecule has 12 heteroatoms. The lowest BCUT2D eigenvalue weighted by Crippen LogP contribution is -2.34. The molecule has 1 atom stereocenters. The third-order valence-corrected chi connectivity index (χ3v) is 6.06. The highest BCUT2D eigenvalue weighted by atomic mass is 35.5. The number of carbonyl (C=O) groups excluding carboxylic acids is 2. The average Bonchev–Trinajstić information content (AvgIpc) is 3.57. The van der Waals surface area contributed by atoms with E-state index in [9.17, 15) is 9.59 Å². The van der Waals surface area contributed by atoms with Crippen LogP contribution < -0.4 is 15.8 Å². The highest BCUT2D eigenvalue weighted by Gasteiger charge is 2.25. The van der Waals surface area contributed by atoms with Crippen molar-refractivity contribution in [2.24, 2.45) is 5.73 Å². The summed E-state index contributed by atoms with van der Waals surface area (Å²) in [5.41, 5.74) is 8.03. The summed E-state index contributed by atoms with van der Waals surface area (Å²) in [4.78, 5) is 31.9. The van der Waals surface area contributed by atoms with Gasteiger partial charge in [0.1, 0.15) is 23.6 Å². The first-order valence-corrected chi connectivity index (χ1v) is 11.3. The molecule has 5 rings (SSSR count). The van der Waals surface area contributed by atoms with Crippen molar-refractivity contribution in [2.75, 3.05) is 25.5 Å². The van der Waals surface area contributed by atoms with Crippen molar-refractivity contribution in [2.45, 2.75) is 19.0 Å². The maximum Gasteiger partial charge on any atom is 0.261 e. The molecule has 0 radical (unpaired) electrons. The minimum absolute atomic E-state index is 0.00323. The van der Waals surface area contributed by atoms with Crippen LogP contribution in [0.4, 0.5) is 5.69 Å². The van der Waals surface area contributed by atoms with Crippen LogP contribution in [0.1, 0.15) is 16.8 Å². The van der Waals surface area contributed by atoms with E-state index in [2.05, 4.69) is 20.5 Å². The smallest absolute Gasteiger partial charge is 0.261 e. The first-order chi connectivity index (χ1) is 16.9. The lowest BCUT2D eigenvalue weighted by molar-refractivity contribution is -0.131. The van der Waals surface area contributed by atoms with E-state index in [4.69, 9.17) is 22.1 Å². The first kappa shape index (κ1) is 22.8. The van der Waals surface area contributed by atoms with E-state index in [1.807, 2.05) is 0 Å². The summed E-state index contributed by atoms with van der Waals surface area (Å²) < 4.78 is 8.50. The number of anilines is 1. The fourth-order valence-electron chi connectivity index (χ4n) is 4.09. The van der Waals surface area contributed by atoms with Crippen molar-refractivity contribution in [1.29, 1.82) is 0 Å². The van der Waals surface area contributed by atoms with Gasteiger partial charge < -0.3 is 20.7 Å². The van der Waals surface area contributed by atoms with E-state index in [0.717, 1.165) is 6.42 Å². The number of carbonyl (C=O) groups is 2. The zero-order chi connectivity index (χ0) is 24.5. The number of halogens is 1. The SMILES string of the molecule is COc1ccc(Cl)cc1-c1nn(CC(=O)N2CCC(N)C2)cc1NC(=O)c1cnn2cccnc12. The molecule has 180 valence electrons. The molecule has 0 saturated carbocycles. The van der Waals surface area contributed by atoms with Gasteiger partial charge in [-0.3, -0.25) is 14.3 Å². The third kappa shape index (κ3) is 4.55. The summed E-state index contributed by atoms with van der Waals surface area (Å²) in [6.45, 7) is 1.12. The number of fused-ring (bicyclic) bond motifs is 1. The predicted molar refractivity (Wildman–Crippen MR) is 129 cm³/mol. The zero-order valence-corrected chi connectivity index (χ0v) is 19.6. The van der Waals surface area contributed by atoms with Crippen LogP contribution in [0, 0.1) is 0 Å². The Hall–Kier alpha value is -3.96. The molecule has 2 amide bonds. The van der Waals surface area contributed by atoms with Gasteiger partial charge in [0.05, 0.1) is 19.0 Å². The molecule has 3 N–H and O–H groups in total. The number of ether oxygens (including phenoxy) is 1. The van der Waals surface area contributed by atoms with Crippen LogP contribution in [-0.2, 0) is 11.3 Å². The molecule has 0 bridgehead atoms. The topological polar surface area (TPSA) is 133 Å². The van der Waals surface area contributed by atoms with Gasteiger partial charge in [-0.25, -0.2) is 9.50 Å². The number of methoxy groups -OCH3 is 1. The van der Waals surface area contributed by atoms with E-state index < -0.39 is 5.91 Å². The Bertz CT molecular complexity index is 1420. The van der Waals surface area contributed by atoms with E-state index in [-0.39, 0.29) is 18.5 Å². The number of likely N-dealkylation sites (tertiary alicyclic amines) is 1. The number of nitrogens with two attached hydrogens (primary N) is 1. The van der Waals surface area contributed by atoms with Crippen molar-refractivity contribution >= 4 is 34.7 Å². The van der Waals surface area contributed by atoms with Gasteiger partial charge in [-0.05, 0) is 30.7 Å². The maximum atomic E-state index is 13.2. The normalized spacial score (nSPS) is 15.5. The summed E-state index contributed by atoms with van der Waals surface area (Å²) in [6, 6.07) is 6.82. The van der Waals surface area contributed by atoms with E-state index in [1.54, 1.807) is 47.8 Å². The second-order valence-corrected chi connectivity index (χ2v) is 8.66. The average molecular weight is 495 g/mol. The Kier molecular flexibility index (Phi) is 6.10. The molecule has 1 saturated heterocycles. The molecular formula is C23H23ClN8O3. The summed E-state index contributed by atoms with van der Waals surface area (Å²) in [7, 11) is 1.53. The largest absolute Gasteiger partial charge is 0.496 e. The first-order valence-electron chi connectivity index (χ1n) is 11.0. The quantitative estimate of drug-likeness (QED) is 0.419. The summed E-state index contributed by atoms with van der Waals surface area (Å²) in [5, 5.41) is 12.1. The van der Waals surface area contributed by atoms with E-state index in [1.165, 1.54) is 22.5 Å². The molecule has 4 heterocycles.